The van der Waals surface area contributed by atoms with E-state index < -0.39 is 17.5 Å². The number of methoxy groups -OCH3 is 1. The number of anilines is 1. The molecule has 25 heavy (non-hydrogen) atoms. The van der Waals surface area contributed by atoms with Crippen LogP contribution in [0.1, 0.15) is 15.2 Å². The summed E-state index contributed by atoms with van der Waals surface area (Å²) in [7, 11) is 1.59. The monoisotopic (exact) mass is 360 g/mol. The Morgan fingerprint density at radius 1 is 1.12 bits per heavy atom. The quantitative estimate of drug-likeness (QED) is 0.736. The Morgan fingerprint density at radius 3 is 2.36 bits per heavy atom. The molecule has 0 saturated heterocycles. The lowest BCUT2D eigenvalue weighted by molar-refractivity contribution is 0.102. The largest absolute Gasteiger partial charge is 0.497 e. The molecule has 128 valence electrons. The highest BCUT2D eigenvalue weighted by Crippen LogP contribution is 2.31. The first-order valence-electron chi connectivity index (χ1n) is 7.35. The Labute approximate surface area is 147 Å². The van der Waals surface area contributed by atoms with Gasteiger partial charge < -0.3 is 4.74 Å². The number of nitrogens with zero attached hydrogens (tertiary/aromatic N) is 1. The summed E-state index contributed by atoms with van der Waals surface area (Å²) in [5, 5.41) is 2.94. The fourth-order valence-electron chi connectivity index (χ4n) is 2.32. The molecular formula is C18H14F2N2O2S. The van der Waals surface area contributed by atoms with Crippen molar-refractivity contribution in [2.45, 2.75) is 6.92 Å². The minimum atomic E-state index is -0.806. The van der Waals surface area contributed by atoms with Crippen molar-refractivity contribution in [2.75, 3.05) is 12.4 Å². The van der Waals surface area contributed by atoms with Crippen LogP contribution in [-0.2, 0) is 0 Å². The van der Waals surface area contributed by atoms with E-state index in [0.29, 0.717) is 11.2 Å². The lowest BCUT2D eigenvalue weighted by Crippen LogP contribution is -2.12. The lowest BCUT2D eigenvalue weighted by Gasteiger charge is -2.03. The van der Waals surface area contributed by atoms with Gasteiger partial charge in [0.25, 0.3) is 5.91 Å². The average Bonchev–Trinajstić information content (AvgIpc) is 2.94. The number of thiazole rings is 1. The zero-order valence-corrected chi connectivity index (χ0v) is 14.3. The molecule has 0 fully saturated rings. The minimum Gasteiger partial charge on any atom is -0.497 e. The van der Waals surface area contributed by atoms with E-state index in [-0.39, 0.29) is 5.56 Å². The van der Waals surface area contributed by atoms with Gasteiger partial charge in [0.15, 0.2) is 5.13 Å². The van der Waals surface area contributed by atoms with Crippen molar-refractivity contribution in [1.82, 2.24) is 4.98 Å². The molecule has 1 aromatic heterocycles. The van der Waals surface area contributed by atoms with E-state index in [9.17, 15) is 13.6 Å². The molecule has 7 heteroatoms. The fourth-order valence-corrected chi connectivity index (χ4v) is 3.15. The second kappa shape index (κ2) is 6.98. The number of halogens is 2. The Kier molecular flexibility index (Phi) is 4.76. The normalized spacial score (nSPS) is 10.6. The standard InChI is InChI=1S/C18H14F2N2O2S/c1-10-16(11-3-5-15(24-2)6-4-11)21-18(25-10)22-17(23)12-7-13(19)9-14(20)8-12/h3-9H,1-2H3,(H,21,22,23). The maximum Gasteiger partial charge on any atom is 0.257 e. The van der Waals surface area contributed by atoms with E-state index in [1.807, 2.05) is 31.2 Å². The summed E-state index contributed by atoms with van der Waals surface area (Å²) in [6.07, 6.45) is 0. The molecule has 3 rings (SSSR count). The Hall–Kier alpha value is -2.80. The molecule has 2 aromatic carbocycles. The number of hydrogen-bond acceptors (Lipinski definition) is 4. The molecule has 4 nitrogen and oxygen atoms in total. The molecule has 0 unspecified atom stereocenters. The maximum atomic E-state index is 13.2. The predicted octanol–water partition coefficient (Wildman–Crippen LogP) is 4.66. The van der Waals surface area contributed by atoms with Crippen molar-refractivity contribution in [3.8, 4) is 17.0 Å². The van der Waals surface area contributed by atoms with Gasteiger partial charge in [-0.3, -0.25) is 10.1 Å². The van der Waals surface area contributed by atoms with Gasteiger partial charge in [-0.05, 0) is 43.3 Å². The van der Waals surface area contributed by atoms with E-state index >= 15 is 0 Å². The third kappa shape index (κ3) is 3.83. The minimum absolute atomic E-state index is 0.101. The van der Waals surface area contributed by atoms with Crippen LogP contribution >= 0.6 is 11.3 Å². The summed E-state index contributed by atoms with van der Waals surface area (Å²) in [4.78, 5) is 17.5. The highest BCUT2D eigenvalue weighted by atomic mass is 32.1. The molecule has 0 radical (unpaired) electrons. The first-order chi connectivity index (χ1) is 12.0. The van der Waals surface area contributed by atoms with Crippen LogP contribution in [0.25, 0.3) is 11.3 Å². The summed E-state index contributed by atoms with van der Waals surface area (Å²) in [6.45, 7) is 1.88. The summed E-state index contributed by atoms with van der Waals surface area (Å²) in [5.74, 6) is -1.49. The molecule has 0 bridgehead atoms. The topological polar surface area (TPSA) is 51.2 Å². The Balaban J connectivity index is 1.83. The smallest absolute Gasteiger partial charge is 0.257 e. The van der Waals surface area contributed by atoms with E-state index in [0.717, 1.165) is 34.0 Å². The zero-order chi connectivity index (χ0) is 18.0. The van der Waals surface area contributed by atoms with Gasteiger partial charge in [-0.1, -0.05) is 0 Å². The van der Waals surface area contributed by atoms with Gasteiger partial charge >= 0.3 is 0 Å². The van der Waals surface area contributed by atoms with E-state index in [1.165, 1.54) is 11.3 Å². The lowest BCUT2D eigenvalue weighted by atomic mass is 10.1. The van der Waals surface area contributed by atoms with Crippen LogP contribution in [-0.4, -0.2) is 18.0 Å². The van der Waals surface area contributed by atoms with Crippen molar-refractivity contribution in [3.63, 3.8) is 0 Å². The van der Waals surface area contributed by atoms with Crippen LogP contribution in [0.5, 0.6) is 5.75 Å². The van der Waals surface area contributed by atoms with Gasteiger partial charge in [0, 0.05) is 22.1 Å². The molecule has 1 amide bonds. The van der Waals surface area contributed by atoms with Crippen LogP contribution in [0.15, 0.2) is 42.5 Å². The van der Waals surface area contributed by atoms with Crippen LogP contribution < -0.4 is 10.1 Å². The van der Waals surface area contributed by atoms with Crippen LogP contribution in [0, 0.1) is 18.6 Å². The number of nitrogens with one attached hydrogen (secondary N) is 1. The van der Waals surface area contributed by atoms with Gasteiger partial charge in [-0.15, -0.1) is 11.3 Å². The number of amides is 1. The SMILES string of the molecule is COc1ccc(-c2nc(NC(=O)c3cc(F)cc(F)c3)sc2C)cc1. The van der Waals surface area contributed by atoms with Gasteiger partial charge in [-0.2, -0.15) is 0 Å². The summed E-state index contributed by atoms with van der Waals surface area (Å²) < 4.78 is 31.6. The Bertz CT molecular complexity index is 903. The highest BCUT2D eigenvalue weighted by Gasteiger charge is 2.14. The van der Waals surface area contributed by atoms with Gasteiger partial charge in [-0.25, -0.2) is 13.8 Å². The zero-order valence-electron chi connectivity index (χ0n) is 13.5. The highest BCUT2D eigenvalue weighted by molar-refractivity contribution is 7.16. The first kappa shape index (κ1) is 17.0. The third-order valence-corrected chi connectivity index (χ3v) is 4.39. The number of aryl methyl sites for hydroxylation is 1. The molecule has 3 aromatic rings. The molecule has 0 aliphatic heterocycles. The number of carbonyl (C=O) groups is 1. The molecule has 1 heterocycles. The molecule has 0 aliphatic carbocycles. The molecule has 0 atom stereocenters. The second-order valence-corrected chi connectivity index (χ2v) is 6.47. The summed E-state index contributed by atoms with van der Waals surface area (Å²) in [5.41, 5.74) is 1.51. The van der Waals surface area contributed by atoms with E-state index in [4.69, 9.17) is 4.74 Å². The number of hydrogen-bond donors (Lipinski definition) is 1. The number of ether oxygens (including phenoxy) is 1. The summed E-state index contributed by atoms with van der Waals surface area (Å²) in [6, 6.07) is 10.0. The van der Waals surface area contributed by atoms with Crippen LogP contribution in [0.2, 0.25) is 0 Å². The molecule has 0 saturated carbocycles. The van der Waals surface area contributed by atoms with Crippen LogP contribution in [0.3, 0.4) is 0 Å². The molecule has 0 aliphatic rings. The van der Waals surface area contributed by atoms with Crippen molar-refractivity contribution in [3.05, 3.63) is 64.5 Å². The first-order valence-corrected chi connectivity index (χ1v) is 8.17. The average molecular weight is 360 g/mol. The molecule has 1 N–H and O–H groups in total. The predicted molar refractivity (Wildman–Crippen MR) is 93.2 cm³/mol. The van der Waals surface area contributed by atoms with E-state index in [2.05, 4.69) is 10.3 Å². The fraction of sp³-hybridized carbons (Fsp3) is 0.111. The van der Waals surface area contributed by atoms with Gasteiger partial charge in [0.1, 0.15) is 17.4 Å². The van der Waals surface area contributed by atoms with Crippen molar-refractivity contribution in [1.29, 1.82) is 0 Å². The number of carbonyl (C=O) groups excluding carboxylic acids is 1. The third-order valence-electron chi connectivity index (χ3n) is 3.51. The number of rotatable bonds is 4. The number of aromatic nitrogens is 1. The van der Waals surface area contributed by atoms with Crippen molar-refractivity contribution < 1.29 is 18.3 Å². The van der Waals surface area contributed by atoms with Crippen molar-refractivity contribution >= 4 is 22.4 Å². The maximum absolute atomic E-state index is 13.2. The van der Waals surface area contributed by atoms with Gasteiger partial charge in [0.05, 0.1) is 12.8 Å². The molecular weight excluding hydrogens is 346 g/mol. The van der Waals surface area contributed by atoms with Gasteiger partial charge in [0.2, 0.25) is 0 Å². The van der Waals surface area contributed by atoms with Crippen LogP contribution in [0.4, 0.5) is 13.9 Å². The van der Waals surface area contributed by atoms with Crippen molar-refractivity contribution in [2.24, 2.45) is 0 Å². The second-order valence-electron chi connectivity index (χ2n) is 5.26. The Morgan fingerprint density at radius 2 is 1.76 bits per heavy atom. The molecule has 0 spiro atoms. The summed E-state index contributed by atoms with van der Waals surface area (Å²) >= 11 is 1.29. The number of benzene rings is 2. The van der Waals surface area contributed by atoms with E-state index in [1.54, 1.807) is 7.11 Å².